The number of benzene rings is 2. The lowest BCUT2D eigenvalue weighted by atomic mass is 9.90. The van der Waals surface area contributed by atoms with Crippen LogP contribution in [0.4, 0.5) is 5.69 Å². The summed E-state index contributed by atoms with van der Waals surface area (Å²) in [6.07, 6.45) is -0.0793. The van der Waals surface area contributed by atoms with Crippen LogP contribution >= 0.6 is 0 Å². The van der Waals surface area contributed by atoms with E-state index < -0.39 is 72.7 Å². The van der Waals surface area contributed by atoms with Crippen LogP contribution in [0.3, 0.4) is 0 Å². The number of carboxylic acids is 2. The van der Waals surface area contributed by atoms with Gasteiger partial charge in [0.2, 0.25) is 29.5 Å². The van der Waals surface area contributed by atoms with Crippen molar-refractivity contribution >= 4 is 53.4 Å². The molecule has 2 aromatic carbocycles. The van der Waals surface area contributed by atoms with Crippen molar-refractivity contribution in [2.24, 2.45) is 0 Å². The van der Waals surface area contributed by atoms with E-state index in [1.165, 1.54) is 16.7 Å². The van der Waals surface area contributed by atoms with Crippen molar-refractivity contribution in [3.05, 3.63) is 64.7 Å². The third kappa shape index (κ3) is 8.86. The van der Waals surface area contributed by atoms with Gasteiger partial charge in [0.05, 0.1) is 19.0 Å². The fourth-order valence-corrected chi connectivity index (χ4v) is 6.26. The number of nitrogens with zero attached hydrogens (tertiary/aromatic N) is 2. The Morgan fingerprint density at radius 1 is 0.959 bits per heavy atom. The highest BCUT2D eigenvalue weighted by atomic mass is 16.4. The minimum absolute atomic E-state index is 0.0295. The molecule has 2 heterocycles. The molecule has 0 saturated carbocycles. The zero-order valence-corrected chi connectivity index (χ0v) is 27.1. The van der Waals surface area contributed by atoms with Gasteiger partial charge in [-0.1, -0.05) is 42.0 Å². The van der Waals surface area contributed by atoms with Crippen LogP contribution < -0.4 is 20.9 Å². The number of hydrogen-bond acceptors (Lipinski definition) is 8. The van der Waals surface area contributed by atoms with Crippen LogP contribution in [0.5, 0.6) is 0 Å². The lowest BCUT2D eigenvalue weighted by Crippen LogP contribution is -2.55. The van der Waals surface area contributed by atoms with E-state index in [4.69, 9.17) is 10.2 Å². The Hall–Kier alpha value is -5.60. The van der Waals surface area contributed by atoms with E-state index in [-0.39, 0.29) is 38.1 Å². The van der Waals surface area contributed by atoms with Crippen LogP contribution in [0, 0.1) is 6.92 Å². The third-order valence-corrected chi connectivity index (χ3v) is 8.53. The number of fused-ring (bicyclic) bond motifs is 2. The number of carbonyl (C=O) groups excluding carboxylic acids is 6. The van der Waals surface area contributed by atoms with Gasteiger partial charge in [-0.3, -0.25) is 38.5 Å². The van der Waals surface area contributed by atoms with Crippen molar-refractivity contribution < 1.29 is 48.6 Å². The SMILES string of the molecule is CC(=O)N1c2ccccc2C[C@H]1C(=O)N[C@@H](CCCC(=O)O)C(=O)NCC(=O)N1CCc2cc(C)ccc2[C@H]1C(=O)N[C@H](C=O)CC(=O)O. The van der Waals surface area contributed by atoms with E-state index in [1.54, 1.807) is 36.4 Å². The summed E-state index contributed by atoms with van der Waals surface area (Å²) >= 11 is 0. The number of carbonyl (C=O) groups is 8. The van der Waals surface area contributed by atoms with Gasteiger partial charge in [-0.2, -0.15) is 0 Å². The highest BCUT2D eigenvalue weighted by Crippen LogP contribution is 2.33. The smallest absolute Gasteiger partial charge is 0.305 e. The van der Waals surface area contributed by atoms with Crippen LogP contribution in [0.15, 0.2) is 42.5 Å². The van der Waals surface area contributed by atoms with Gasteiger partial charge in [0.1, 0.15) is 24.4 Å². The second-order valence-corrected chi connectivity index (χ2v) is 12.1. The molecule has 49 heavy (non-hydrogen) atoms. The van der Waals surface area contributed by atoms with Crippen molar-refractivity contribution in [3.8, 4) is 0 Å². The molecule has 0 aromatic heterocycles. The van der Waals surface area contributed by atoms with Gasteiger partial charge in [0, 0.05) is 32.0 Å². The average Bonchev–Trinajstić information content (AvgIpc) is 3.45. The zero-order valence-electron chi connectivity index (χ0n) is 27.1. The molecule has 0 bridgehead atoms. The molecule has 5 amide bonds. The molecule has 0 aliphatic carbocycles. The molecule has 2 aliphatic heterocycles. The van der Waals surface area contributed by atoms with Crippen LogP contribution in [0.2, 0.25) is 0 Å². The number of anilines is 1. The van der Waals surface area contributed by atoms with Gasteiger partial charge in [-0.25, -0.2) is 0 Å². The van der Waals surface area contributed by atoms with Crippen molar-refractivity contribution in [1.29, 1.82) is 0 Å². The average molecular weight is 678 g/mol. The number of hydrogen-bond donors (Lipinski definition) is 5. The monoisotopic (exact) mass is 677 g/mol. The fourth-order valence-electron chi connectivity index (χ4n) is 6.26. The number of para-hydroxylation sites is 1. The van der Waals surface area contributed by atoms with Crippen LogP contribution in [0.25, 0.3) is 0 Å². The molecule has 0 radical (unpaired) electrons. The van der Waals surface area contributed by atoms with Gasteiger partial charge in [-0.05, 0) is 48.9 Å². The first-order valence-electron chi connectivity index (χ1n) is 15.8. The van der Waals surface area contributed by atoms with E-state index in [0.29, 0.717) is 24.0 Å². The first-order chi connectivity index (χ1) is 23.3. The van der Waals surface area contributed by atoms with Gasteiger partial charge in [0.25, 0.3) is 0 Å². The number of aryl methyl sites for hydroxylation is 1. The van der Waals surface area contributed by atoms with Crippen molar-refractivity contribution in [1.82, 2.24) is 20.9 Å². The first-order valence-corrected chi connectivity index (χ1v) is 15.8. The largest absolute Gasteiger partial charge is 0.481 e. The molecule has 2 aliphatic rings. The van der Waals surface area contributed by atoms with E-state index in [2.05, 4.69) is 16.0 Å². The maximum absolute atomic E-state index is 13.6. The van der Waals surface area contributed by atoms with E-state index in [1.807, 2.05) is 13.0 Å². The number of rotatable bonds is 14. The van der Waals surface area contributed by atoms with E-state index >= 15 is 0 Å². The van der Waals surface area contributed by atoms with Gasteiger partial charge in [-0.15, -0.1) is 0 Å². The predicted molar refractivity (Wildman–Crippen MR) is 173 cm³/mol. The Balaban J connectivity index is 1.49. The molecule has 4 rings (SSSR count). The summed E-state index contributed by atoms with van der Waals surface area (Å²) in [6.45, 7) is 2.68. The molecule has 4 atom stereocenters. The molecule has 15 heteroatoms. The number of aliphatic carboxylic acids is 2. The summed E-state index contributed by atoms with van der Waals surface area (Å²) in [7, 11) is 0. The molecule has 0 spiro atoms. The maximum atomic E-state index is 13.6. The van der Waals surface area contributed by atoms with Crippen molar-refractivity contribution in [3.63, 3.8) is 0 Å². The number of aldehydes is 1. The minimum atomic E-state index is -1.33. The topological polar surface area (TPSA) is 220 Å². The Morgan fingerprint density at radius 3 is 2.37 bits per heavy atom. The van der Waals surface area contributed by atoms with Crippen LogP contribution in [-0.2, 0) is 51.2 Å². The van der Waals surface area contributed by atoms with E-state index in [9.17, 15) is 38.4 Å². The highest BCUT2D eigenvalue weighted by Gasteiger charge is 2.39. The van der Waals surface area contributed by atoms with Crippen LogP contribution in [0.1, 0.15) is 60.9 Å². The highest BCUT2D eigenvalue weighted by molar-refractivity contribution is 6.03. The number of amides is 5. The molecule has 15 nitrogen and oxygen atoms in total. The van der Waals surface area contributed by atoms with Crippen molar-refractivity contribution in [2.75, 3.05) is 18.0 Å². The molecular weight excluding hydrogens is 638 g/mol. The summed E-state index contributed by atoms with van der Waals surface area (Å²) in [6, 6.07) is 7.58. The molecule has 0 fully saturated rings. The standard InChI is InChI=1S/C34H39N5O10/c1-19-10-11-24-21(14-19)12-13-38(31(24)34(49)36-23(18-40)16-30(45)46)28(42)17-35-32(47)25(7-5-9-29(43)44)37-33(48)27-15-22-6-3-4-8-26(22)39(27)20(2)41/h3-4,6,8,10-11,14,18,23,25,27,31H,5,7,9,12-13,15-17H2,1-2H3,(H,35,47)(H,36,49)(H,37,48)(H,43,44)(H,45,46)/t23-,25-,27-,31-/m0/s1. The molecular formula is C34H39N5O10. The summed E-state index contributed by atoms with van der Waals surface area (Å²) in [4.78, 5) is 103. The molecule has 2 aromatic rings. The maximum Gasteiger partial charge on any atom is 0.305 e. The molecule has 0 unspecified atom stereocenters. The Bertz CT molecular complexity index is 1660. The number of carboxylic acid groups (broad SMARTS) is 2. The molecule has 5 N–H and O–H groups in total. The predicted octanol–water partition coefficient (Wildman–Crippen LogP) is 0.413. The zero-order chi connectivity index (χ0) is 35.8. The normalized spacial score (nSPS) is 17.5. The fraction of sp³-hybridized carbons (Fsp3) is 0.412. The van der Waals surface area contributed by atoms with E-state index in [0.717, 1.165) is 16.7 Å². The van der Waals surface area contributed by atoms with Gasteiger partial charge in [0.15, 0.2) is 0 Å². The summed E-state index contributed by atoms with van der Waals surface area (Å²) in [5.41, 5.74) is 3.55. The number of nitrogens with one attached hydrogen (secondary N) is 3. The molecule has 0 saturated heterocycles. The Labute approximate surface area is 282 Å². The quantitative estimate of drug-likeness (QED) is 0.173. The Morgan fingerprint density at radius 2 is 1.69 bits per heavy atom. The summed E-state index contributed by atoms with van der Waals surface area (Å²) < 4.78 is 0. The second kappa shape index (κ2) is 16.0. The third-order valence-electron chi connectivity index (χ3n) is 8.53. The minimum Gasteiger partial charge on any atom is -0.481 e. The summed E-state index contributed by atoms with van der Waals surface area (Å²) in [5.74, 6) is -5.60. The summed E-state index contributed by atoms with van der Waals surface area (Å²) in [5, 5.41) is 25.8. The first kappa shape index (κ1) is 36.2. The van der Waals surface area contributed by atoms with Gasteiger partial charge < -0.3 is 35.9 Å². The van der Waals surface area contributed by atoms with Crippen LogP contribution in [-0.4, -0.2) is 94.1 Å². The lowest BCUT2D eigenvalue weighted by Gasteiger charge is -2.37. The Kier molecular flexibility index (Phi) is 11.8. The van der Waals surface area contributed by atoms with Crippen molar-refractivity contribution in [2.45, 2.75) is 76.5 Å². The molecule has 260 valence electrons. The second-order valence-electron chi connectivity index (χ2n) is 12.1. The lowest BCUT2D eigenvalue weighted by molar-refractivity contribution is -0.143. The van der Waals surface area contributed by atoms with Gasteiger partial charge >= 0.3 is 11.9 Å².